The number of unbranched alkanes of at least 4 members (excludes halogenated alkanes) is 3. The van der Waals surface area contributed by atoms with Crippen molar-refractivity contribution in [3.8, 4) is 5.75 Å². The molecule has 3 atom stereocenters. The first-order chi connectivity index (χ1) is 14.4. The lowest BCUT2D eigenvalue weighted by Crippen LogP contribution is -2.53. The van der Waals surface area contributed by atoms with Crippen LogP contribution >= 0.6 is 0 Å². The van der Waals surface area contributed by atoms with Gasteiger partial charge in [-0.05, 0) is 61.6 Å². The number of fused-ring (bicyclic) bond motifs is 4. The van der Waals surface area contributed by atoms with Gasteiger partial charge in [-0.15, -0.1) is 0 Å². The van der Waals surface area contributed by atoms with E-state index in [0.717, 1.165) is 62.5 Å². The largest absolute Gasteiger partial charge is 0.426 e. The molecular formula is C26H38FNO2. The number of ether oxygens (including phenoxy) is 1. The Kier molecular flexibility index (Phi) is 6.25. The van der Waals surface area contributed by atoms with Gasteiger partial charge < -0.3 is 10.5 Å². The van der Waals surface area contributed by atoms with Crippen molar-refractivity contribution in [3.05, 3.63) is 29.1 Å². The highest BCUT2D eigenvalue weighted by atomic mass is 19.1. The van der Waals surface area contributed by atoms with Crippen molar-refractivity contribution in [3.63, 3.8) is 0 Å². The number of esters is 1. The number of hydrogen-bond acceptors (Lipinski definition) is 3. The van der Waals surface area contributed by atoms with Gasteiger partial charge in [0, 0.05) is 17.5 Å². The minimum atomic E-state index is -0.328. The van der Waals surface area contributed by atoms with Gasteiger partial charge in [-0.1, -0.05) is 58.8 Å². The van der Waals surface area contributed by atoms with Gasteiger partial charge in [-0.2, -0.15) is 0 Å². The van der Waals surface area contributed by atoms with Crippen LogP contribution in [0.15, 0.2) is 12.1 Å². The molecule has 1 aromatic rings. The lowest BCUT2D eigenvalue weighted by atomic mass is 9.60. The third-order valence-corrected chi connectivity index (χ3v) is 8.27. The normalized spacial score (nSPS) is 29.5. The van der Waals surface area contributed by atoms with Crippen LogP contribution < -0.4 is 10.5 Å². The third-order valence-electron chi connectivity index (χ3n) is 8.27. The summed E-state index contributed by atoms with van der Waals surface area (Å²) in [6.45, 7) is 4.38. The van der Waals surface area contributed by atoms with Gasteiger partial charge in [-0.3, -0.25) is 4.79 Å². The molecular weight excluding hydrogens is 377 g/mol. The lowest BCUT2D eigenvalue weighted by Gasteiger charge is -2.47. The first-order valence-electron chi connectivity index (χ1n) is 12.2. The zero-order valence-corrected chi connectivity index (χ0v) is 18.8. The number of rotatable bonds is 7. The fourth-order valence-electron chi connectivity index (χ4n) is 5.95. The van der Waals surface area contributed by atoms with Crippen molar-refractivity contribution in [1.29, 1.82) is 0 Å². The molecule has 2 saturated carbocycles. The Balaban J connectivity index is 1.55. The number of halogens is 1. The van der Waals surface area contributed by atoms with Crippen molar-refractivity contribution in [1.82, 2.24) is 0 Å². The van der Waals surface area contributed by atoms with Gasteiger partial charge in [0.15, 0.2) is 0 Å². The van der Waals surface area contributed by atoms with E-state index in [1.165, 1.54) is 31.7 Å². The van der Waals surface area contributed by atoms with E-state index in [0.29, 0.717) is 18.1 Å². The molecule has 1 aromatic carbocycles. The van der Waals surface area contributed by atoms with Gasteiger partial charge in [0.2, 0.25) is 0 Å². The van der Waals surface area contributed by atoms with Crippen molar-refractivity contribution in [2.24, 2.45) is 17.1 Å². The van der Waals surface area contributed by atoms with Gasteiger partial charge >= 0.3 is 5.97 Å². The Morgan fingerprint density at radius 1 is 1.17 bits per heavy atom. The van der Waals surface area contributed by atoms with Gasteiger partial charge in [0.1, 0.15) is 11.6 Å². The van der Waals surface area contributed by atoms with E-state index < -0.39 is 0 Å². The van der Waals surface area contributed by atoms with E-state index >= 15 is 4.39 Å². The van der Waals surface area contributed by atoms with Crippen LogP contribution in [0.4, 0.5) is 4.39 Å². The van der Waals surface area contributed by atoms with Crippen LogP contribution in [0.25, 0.3) is 0 Å². The van der Waals surface area contributed by atoms with Crippen LogP contribution in [0.1, 0.15) is 102 Å². The standard InChI is InChI=1S/C26H38FNO2/c1-3-4-5-9-12-26(13-14-26)24(29)30-19-16-21-20(22(27)17-19)15-18-10-7-6-8-11-25(21,2)23(18)28/h16-18,23H,3-15,28H2,1-2H3/t18-,23-,25+/m0/s1. The number of carbonyl (C=O) groups is 1. The van der Waals surface area contributed by atoms with Crippen molar-refractivity contribution < 1.29 is 13.9 Å². The fraction of sp³-hybridized carbons (Fsp3) is 0.731. The van der Waals surface area contributed by atoms with Crippen LogP contribution in [-0.2, 0) is 16.6 Å². The lowest BCUT2D eigenvalue weighted by molar-refractivity contribution is -0.140. The second-order valence-corrected chi connectivity index (χ2v) is 10.4. The summed E-state index contributed by atoms with van der Waals surface area (Å²) in [7, 11) is 0. The molecule has 2 fully saturated rings. The van der Waals surface area contributed by atoms with Crippen molar-refractivity contribution in [2.45, 2.75) is 109 Å². The molecule has 0 radical (unpaired) electrons. The number of nitrogens with two attached hydrogens (primary N) is 1. The Hall–Kier alpha value is -1.42. The molecule has 0 saturated heterocycles. The van der Waals surface area contributed by atoms with Gasteiger partial charge in [0.25, 0.3) is 0 Å². The maximum atomic E-state index is 15.2. The van der Waals surface area contributed by atoms with Crippen molar-refractivity contribution >= 4 is 5.97 Å². The number of hydrogen-bond donors (Lipinski definition) is 1. The molecule has 3 nitrogen and oxygen atoms in total. The Morgan fingerprint density at radius 3 is 2.70 bits per heavy atom. The molecule has 2 N–H and O–H groups in total. The molecule has 3 aliphatic carbocycles. The summed E-state index contributed by atoms with van der Waals surface area (Å²) < 4.78 is 21.0. The highest BCUT2D eigenvalue weighted by molar-refractivity contribution is 5.82. The molecule has 0 unspecified atom stereocenters. The monoisotopic (exact) mass is 415 g/mol. The highest BCUT2D eigenvalue weighted by Crippen LogP contribution is 2.52. The molecule has 0 heterocycles. The first kappa shape index (κ1) is 21.8. The van der Waals surface area contributed by atoms with Gasteiger partial charge in [-0.25, -0.2) is 4.39 Å². The van der Waals surface area contributed by atoms with E-state index in [9.17, 15) is 4.79 Å². The van der Waals surface area contributed by atoms with Gasteiger partial charge in [0.05, 0.1) is 5.41 Å². The Morgan fingerprint density at radius 2 is 1.97 bits per heavy atom. The summed E-state index contributed by atoms with van der Waals surface area (Å²) in [6, 6.07) is 3.40. The van der Waals surface area contributed by atoms with E-state index in [4.69, 9.17) is 10.5 Å². The molecule has 0 spiro atoms. The first-order valence-corrected chi connectivity index (χ1v) is 12.2. The number of benzene rings is 1. The predicted octanol–water partition coefficient (Wildman–Crippen LogP) is 6.20. The molecule has 0 aliphatic heterocycles. The third kappa shape index (κ3) is 4.04. The molecule has 2 bridgehead atoms. The molecule has 4 rings (SSSR count). The summed E-state index contributed by atoms with van der Waals surface area (Å²) in [6.07, 6.45) is 13.6. The maximum Gasteiger partial charge on any atom is 0.317 e. The fourth-order valence-corrected chi connectivity index (χ4v) is 5.95. The summed E-state index contributed by atoms with van der Waals surface area (Å²) in [5, 5.41) is 0. The second kappa shape index (κ2) is 8.61. The van der Waals surface area contributed by atoms with Crippen LogP contribution in [0, 0.1) is 17.2 Å². The van der Waals surface area contributed by atoms with E-state index in [1.807, 2.05) is 6.07 Å². The second-order valence-electron chi connectivity index (χ2n) is 10.4. The average Bonchev–Trinajstić information content (AvgIpc) is 3.50. The van der Waals surface area contributed by atoms with E-state index in [1.54, 1.807) is 0 Å². The van der Waals surface area contributed by atoms with E-state index in [-0.39, 0.29) is 28.7 Å². The zero-order valence-electron chi connectivity index (χ0n) is 18.8. The molecule has 3 aliphatic rings. The maximum absolute atomic E-state index is 15.2. The van der Waals surface area contributed by atoms with Crippen LogP contribution in [0.3, 0.4) is 0 Å². The molecule has 4 heteroatoms. The minimum Gasteiger partial charge on any atom is -0.426 e. The van der Waals surface area contributed by atoms with Crippen LogP contribution in [0.5, 0.6) is 5.75 Å². The Bertz CT molecular complexity index is 787. The Labute approximate surface area is 180 Å². The molecule has 0 aromatic heterocycles. The highest BCUT2D eigenvalue weighted by Gasteiger charge is 2.51. The topological polar surface area (TPSA) is 52.3 Å². The van der Waals surface area contributed by atoms with Crippen LogP contribution in [0.2, 0.25) is 0 Å². The summed E-state index contributed by atoms with van der Waals surface area (Å²) in [4.78, 5) is 12.9. The van der Waals surface area contributed by atoms with E-state index in [2.05, 4.69) is 13.8 Å². The number of carbonyl (C=O) groups excluding carboxylic acids is 1. The van der Waals surface area contributed by atoms with Crippen molar-refractivity contribution in [2.75, 3.05) is 0 Å². The zero-order chi connectivity index (χ0) is 21.4. The predicted molar refractivity (Wildman–Crippen MR) is 118 cm³/mol. The quantitative estimate of drug-likeness (QED) is 0.327. The summed E-state index contributed by atoms with van der Waals surface area (Å²) in [5.41, 5.74) is 7.93. The molecule has 30 heavy (non-hydrogen) atoms. The average molecular weight is 416 g/mol. The molecule has 166 valence electrons. The SMILES string of the molecule is CCCCCCC1(C(=O)Oc2cc(F)c3c(c2)[C@@]2(C)CCCCC[C@@H](C3)[C@@H]2N)CC1. The smallest absolute Gasteiger partial charge is 0.317 e. The molecule has 0 amide bonds. The summed E-state index contributed by atoms with van der Waals surface area (Å²) in [5.74, 6) is 0.305. The minimum absolute atomic E-state index is 0.0315. The summed E-state index contributed by atoms with van der Waals surface area (Å²) >= 11 is 0. The van der Waals surface area contributed by atoms with Crippen LogP contribution in [-0.4, -0.2) is 12.0 Å².